The van der Waals surface area contributed by atoms with Gasteiger partial charge in [0.15, 0.2) is 23.9 Å². The van der Waals surface area contributed by atoms with E-state index in [-0.39, 0.29) is 5.91 Å². The van der Waals surface area contributed by atoms with E-state index in [0.29, 0.717) is 21.9 Å². The molecule has 3 aromatic rings. The minimum atomic E-state index is -0.272. The molecule has 0 bridgehead atoms. The van der Waals surface area contributed by atoms with E-state index in [0.717, 1.165) is 29.8 Å². The van der Waals surface area contributed by atoms with Crippen LogP contribution in [0.5, 0.6) is 0 Å². The monoisotopic (exact) mass is 295 g/mol. The Morgan fingerprint density at radius 1 is 1.27 bits per heavy atom. The van der Waals surface area contributed by atoms with Crippen LogP contribution in [-0.4, -0.2) is 10.9 Å². The molecule has 0 spiro atoms. The minimum absolute atomic E-state index is 0.272. The lowest BCUT2D eigenvalue weighted by Crippen LogP contribution is -2.25. The Balaban J connectivity index is 1.58. The lowest BCUT2D eigenvalue weighted by molar-refractivity contribution is -0.605. The van der Waals surface area contributed by atoms with Crippen LogP contribution in [-0.2, 0) is 0 Å². The molecular weight excluding hydrogens is 282 g/mol. The number of fused-ring (bicyclic) bond motifs is 1. The van der Waals surface area contributed by atoms with Crippen molar-refractivity contribution in [1.82, 2.24) is 4.98 Å². The average molecular weight is 295 g/mol. The highest BCUT2D eigenvalue weighted by Crippen LogP contribution is 2.40. The second kappa shape index (κ2) is 4.84. The number of anilines is 1. The second-order valence-electron chi connectivity index (χ2n) is 5.41. The fourth-order valence-electron chi connectivity index (χ4n) is 2.30. The van der Waals surface area contributed by atoms with Crippen LogP contribution >= 0.6 is 0 Å². The molecule has 1 aliphatic rings. The first-order chi connectivity index (χ1) is 10.7. The van der Waals surface area contributed by atoms with Crippen molar-refractivity contribution in [3.05, 3.63) is 59.4 Å². The summed E-state index contributed by atoms with van der Waals surface area (Å²) in [6, 6.07) is 8.32. The minimum Gasteiger partial charge on any atom is -0.619 e. The molecule has 1 aliphatic carbocycles. The van der Waals surface area contributed by atoms with E-state index < -0.39 is 0 Å². The maximum absolute atomic E-state index is 12.1. The van der Waals surface area contributed by atoms with Gasteiger partial charge in [-0.1, -0.05) is 0 Å². The van der Waals surface area contributed by atoms with Crippen LogP contribution in [0.4, 0.5) is 5.69 Å². The number of nitrogens with zero attached hydrogens (tertiary/aromatic N) is 2. The molecule has 22 heavy (non-hydrogen) atoms. The number of oxazole rings is 1. The van der Waals surface area contributed by atoms with Crippen LogP contribution in [0.2, 0.25) is 0 Å². The number of carbonyl (C=O) groups is 1. The highest BCUT2D eigenvalue weighted by atomic mass is 16.5. The van der Waals surface area contributed by atoms with Crippen LogP contribution < -0.4 is 10.0 Å². The second-order valence-corrected chi connectivity index (χ2v) is 5.41. The zero-order valence-corrected chi connectivity index (χ0v) is 11.7. The lowest BCUT2D eigenvalue weighted by Gasteiger charge is -2.04. The number of rotatable bonds is 3. The van der Waals surface area contributed by atoms with Gasteiger partial charge in [0.05, 0.1) is 5.56 Å². The molecule has 2 heterocycles. The smallest absolute Gasteiger partial charge is 0.256 e. The Morgan fingerprint density at radius 3 is 2.77 bits per heavy atom. The van der Waals surface area contributed by atoms with Crippen molar-refractivity contribution in [3.63, 3.8) is 0 Å². The molecule has 1 amide bonds. The molecule has 6 heteroatoms. The summed E-state index contributed by atoms with van der Waals surface area (Å²) in [5, 5.41) is 13.8. The molecule has 6 nitrogen and oxygen atoms in total. The third-order valence-corrected chi connectivity index (χ3v) is 3.65. The predicted octanol–water partition coefficient (Wildman–Crippen LogP) is 2.59. The van der Waals surface area contributed by atoms with Crippen LogP contribution in [0.3, 0.4) is 0 Å². The molecular formula is C16H13N3O3. The van der Waals surface area contributed by atoms with E-state index in [2.05, 4.69) is 10.3 Å². The van der Waals surface area contributed by atoms with Crippen molar-refractivity contribution in [3.8, 4) is 0 Å². The SMILES string of the molecule is O=C(Nc1ccc2oc(C3CC3)nc2c1)c1cc[n+]([O-])cc1. The van der Waals surface area contributed by atoms with E-state index in [1.54, 1.807) is 18.2 Å². The van der Waals surface area contributed by atoms with E-state index in [1.165, 1.54) is 24.5 Å². The third kappa shape index (κ3) is 2.39. The summed E-state index contributed by atoms with van der Waals surface area (Å²) in [6.45, 7) is 0. The van der Waals surface area contributed by atoms with Gasteiger partial charge in [-0.15, -0.1) is 0 Å². The first kappa shape index (κ1) is 12.8. The fraction of sp³-hybridized carbons (Fsp3) is 0.188. The Bertz CT molecular complexity index is 851. The highest BCUT2D eigenvalue weighted by molar-refractivity contribution is 6.04. The normalized spacial score (nSPS) is 14.2. The van der Waals surface area contributed by atoms with E-state index in [1.807, 2.05) is 0 Å². The van der Waals surface area contributed by atoms with Gasteiger partial charge in [0.2, 0.25) is 0 Å². The molecule has 2 aromatic heterocycles. The van der Waals surface area contributed by atoms with Gasteiger partial charge in [-0.3, -0.25) is 4.79 Å². The topological polar surface area (TPSA) is 82.1 Å². The number of aromatic nitrogens is 2. The van der Waals surface area contributed by atoms with Gasteiger partial charge in [0, 0.05) is 23.7 Å². The van der Waals surface area contributed by atoms with Crippen molar-refractivity contribution >= 4 is 22.7 Å². The zero-order valence-electron chi connectivity index (χ0n) is 11.7. The van der Waals surface area contributed by atoms with Crippen molar-refractivity contribution in [2.24, 2.45) is 0 Å². The Labute approximate surface area is 126 Å². The molecule has 1 fully saturated rings. The molecule has 110 valence electrons. The summed E-state index contributed by atoms with van der Waals surface area (Å²) in [5.74, 6) is 0.959. The maximum Gasteiger partial charge on any atom is 0.256 e. The van der Waals surface area contributed by atoms with Crippen LogP contribution in [0, 0.1) is 5.21 Å². The number of benzene rings is 1. The summed E-state index contributed by atoms with van der Waals surface area (Å²) in [4.78, 5) is 16.6. The molecule has 0 radical (unpaired) electrons. The van der Waals surface area contributed by atoms with Gasteiger partial charge in [0.25, 0.3) is 5.91 Å². The van der Waals surface area contributed by atoms with Gasteiger partial charge in [-0.2, -0.15) is 4.73 Å². The summed E-state index contributed by atoms with van der Waals surface area (Å²) < 4.78 is 6.32. The third-order valence-electron chi connectivity index (χ3n) is 3.65. The van der Waals surface area contributed by atoms with E-state index in [9.17, 15) is 10.0 Å². The van der Waals surface area contributed by atoms with Crippen LogP contribution in [0.1, 0.15) is 35.0 Å². The number of carbonyl (C=O) groups excluding carboxylic acids is 1. The fourth-order valence-corrected chi connectivity index (χ4v) is 2.30. The Kier molecular flexibility index (Phi) is 2.82. The molecule has 0 saturated heterocycles. The number of hydrogen-bond acceptors (Lipinski definition) is 4. The average Bonchev–Trinajstić information content (AvgIpc) is 3.28. The number of amides is 1. The molecule has 1 aromatic carbocycles. The van der Waals surface area contributed by atoms with Gasteiger partial charge in [-0.25, -0.2) is 4.98 Å². The van der Waals surface area contributed by atoms with Crippen molar-refractivity contribution in [2.75, 3.05) is 5.32 Å². The number of pyridine rings is 1. The molecule has 0 aliphatic heterocycles. The Hall–Kier alpha value is -2.89. The molecule has 1 saturated carbocycles. The first-order valence-corrected chi connectivity index (χ1v) is 7.10. The van der Waals surface area contributed by atoms with E-state index in [4.69, 9.17) is 4.42 Å². The summed E-state index contributed by atoms with van der Waals surface area (Å²) in [5.41, 5.74) is 2.54. The van der Waals surface area contributed by atoms with Crippen LogP contribution in [0.25, 0.3) is 11.1 Å². The van der Waals surface area contributed by atoms with Gasteiger partial charge < -0.3 is 14.9 Å². The van der Waals surface area contributed by atoms with Gasteiger partial charge in [-0.05, 0) is 31.0 Å². The number of nitrogens with one attached hydrogen (secondary N) is 1. The van der Waals surface area contributed by atoms with Crippen molar-refractivity contribution in [2.45, 2.75) is 18.8 Å². The quantitative estimate of drug-likeness (QED) is 0.594. The van der Waals surface area contributed by atoms with E-state index >= 15 is 0 Å². The largest absolute Gasteiger partial charge is 0.619 e. The summed E-state index contributed by atoms with van der Waals surface area (Å²) >= 11 is 0. The van der Waals surface area contributed by atoms with Gasteiger partial charge in [0.1, 0.15) is 5.52 Å². The molecule has 0 atom stereocenters. The maximum atomic E-state index is 12.1. The summed E-state index contributed by atoms with van der Waals surface area (Å²) in [6.07, 6.45) is 4.84. The van der Waals surface area contributed by atoms with Crippen LogP contribution in [0.15, 0.2) is 47.1 Å². The van der Waals surface area contributed by atoms with Crippen molar-refractivity contribution < 1.29 is 13.9 Å². The highest BCUT2D eigenvalue weighted by Gasteiger charge is 2.28. The molecule has 1 N–H and O–H groups in total. The zero-order chi connectivity index (χ0) is 15.1. The molecule has 4 rings (SSSR count). The predicted molar refractivity (Wildman–Crippen MR) is 79.3 cm³/mol. The van der Waals surface area contributed by atoms with Gasteiger partial charge >= 0.3 is 0 Å². The standard InChI is InChI=1S/C16H13N3O3/c20-15(10-5-7-19(21)8-6-10)17-12-3-4-14-13(9-12)18-16(22-14)11-1-2-11/h3-9,11H,1-2H2,(H,17,20). The summed E-state index contributed by atoms with van der Waals surface area (Å²) in [7, 11) is 0. The Morgan fingerprint density at radius 2 is 2.05 bits per heavy atom. The first-order valence-electron chi connectivity index (χ1n) is 7.10. The van der Waals surface area contributed by atoms with Crippen molar-refractivity contribution in [1.29, 1.82) is 0 Å². The lowest BCUT2D eigenvalue weighted by atomic mass is 10.2. The molecule has 0 unspecified atom stereocenters. The number of hydrogen-bond donors (Lipinski definition) is 1.